The first-order chi connectivity index (χ1) is 11.2. The summed E-state index contributed by atoms with van der Waals surface area (Å²) >= 11 is 1.69. The normalized spacial score (nSPS) is 18.9. The summed E-state index contributed by atoms with van der Waals surface area (Å²) in [6.07, 6.45) is 5.67. The van der Waals surface area contributed by atoms with E-state index in [-0.39, 0.29) is 5.91 Å². The molecule has 0 aliphatic carbocycles. The molecule has 0 radical (unpaired) electrons. The lowest BCUT2D eigenvalue weighted by atomic mass is 9.98. The van der Waals surface area contributed by atoms with Crippen LogP contribution >= 0.6 is 11.3 Å². The summed E-state index contributed by atoms with van der Waals surface area (Å²) in [6.45, 7) is 4.06. The van der Waals surface area contributed by atoms with Crippen molar-refractivity contribution in [3.63, 3.8) is 0 Å². The van der Waals surface area contributed by atoms with Crippen molar-refractivity contribution in [1.29, 1.82) is 0 Å². The van der Waals surface area contributed by atoms with Crippen molar-refractivity contribution in [3.05, 3.63) is 35.0 Å². The fraction of sp³-hybridized carbons (Fsp3) is 0.562. The molecule has 1 aliphatic rings. The zero-order valence-corrected chi connectivity index (χ0v) is 14.3. The number of aromatic nitrogens is 3. The highest BCUT2D eigenvalue weighted by atomic mass is 32.1. The van der Waals surface area contributed by atoms with Crippen LogP contribution in [-0.4, -0.2) is 57.2 Å². The quantitative estimate of drug-likeness (QED) is 0.807. The Bertz CT molecular complexity index is 598. The lowest BCUT2D eigenvalue weighted by Crippen LogP contribution is -2.43. The number of nitrogens with zero attached hydrogens (tertiary/aromatic N) is 5. The van der Waals surface area contributed by atoms with Crippen LogP contribution in [0, 0.1) is 5.92 Å². The summed E-state index contributed by atoms with van der Waals surface area (Å²) in [6, 6.07) is 4.10. The molecular weight excluding hydrogens is 310 g/mol. The van der Waals surface area contributed by atoms with E-state index in [9.17, 15) is 4.79 Å². The maximum Gasteiger partial charge on any atom is 0.236 e. The van der Waals surface area contributed by atoms with Gasteiger partial charge in [-0.25, -0.2) is 4.98 Å². The summed E-state index contributed by atoms with van der Waals surface area (Å²) in [7, 11) is 1.89. The van der Waals surface area contributed by atoms with Crippen LogP contribution in [-0.2, 0) is 17.9 Å². The lowest BCUT2D eigenvalue weighted by Gasteiger charge is -2.33. The number of carbonyl (C=O) groups excluding carboxylic acids is 1. The van der Waals surface area contributed by atoms with Crippen molar-refractivity contribution in [1.82, 2.24) is 24.6 Å². The largest absolute Gasteiger partial charge is 0.340 e. The standard InChI is InChI=1S/C16H23N5OS/c1-19(10-15-5-3-7-23-15)16(22)11-20-6-2-4-14(8-20)9-21-13-17-12-18-21/h3,5,7,12-14H,2,4,6,8-11H2,1H3/t14-/m1/s1. The van der Waals surface area contributed by atoms with Gasteiger partial charge in [-0.3, -0.25) is 14.4 Å². The second-order valence-corrected chi connectivity index (χ2v) is 7.22. The van der Waals surface area contributed by atoms with Gasteiger partial charge in [-0.15, -0.1) is 11.3 Å². The molecule has 1 atom stereocenters. The van der Waals surface area contributed by atoms with Crippen LogP contribution in [0.1, 0.15) is 17.7 Å². The second-order valence-electron chi connectivity index (χ2n) is 6.19. The number of hydrogen-bond acceptors (Lipinski definition) is 5. The Kier molecular flexibility index (Phi) is 5.40. The zero-order valence-electron chi connectivity index (χ0n) is 13.5. The monoisotopic (exact) mass is 333 g/mol. The number of hydrogen-bond donors (Lipinski definition) is 0. The number of amides is 1. The minimum absolute atomic E-state index is 0.194. The Morgan fingerprint density at radius 3 is 3.17 bits per heavy atom. The Hall–Kier alpha value is -1.73. The van der Waals surface area contributed by atoms with Gasteiger partial charge in [-0.05, 0) is 36.8 Å². The molecule has 1 saturated heterocycles. The van der Waals surface area contributed by atoms with Gasteiger partial charge in [0.05, 0.1) is 13.1 Å². The van der Waals surface area contributed by atoms with Gasteiger partial charge in [-0.1, -0.05) is 6.07 Å². The molecule has 2 aromatic rings. The highest BCUT2D eigenvalue weighted by Crippen LogP contribution is 2.18. The number of carbonyl (C=O) groups is 1. The predicted octanol–water partition coefficient (Wildman–Crippen LogP) is 1.71. The van der Waals surface area contributed by atoms with E-state index in [1.165, 1.54) is 11.3 Å². The third-order valence-electron chi connectivity index (χ3n) is 4.27. The highest BCUT2D eigenvalue weighted by molar-refractivity contribution is 7.09. The fourth-order valence-electron chi connectivity index (χ4n) is 3.07. The molecule has 3 heterocycles. The van der Waals surface area contributed by atoms with Crippen LogP contribution in [0.4, 0.5) is 0 Å². The molecule has 0 unspecified atom stereocenters. The molecule has 0 bridgehead atoms. The van der Waals surface area contributed by atoms with Crippen molar-refractivity contribution in [2.45, 2.75) is 25.9 Å². The summed E-state index contributed by atoms with van der Waals surface area (Å²) in [5.41, 5.74) is 0. The Morgan fingerprint density at radius 2 is 2.43 bits per heavy atom. The van der Waals surface area contributed by atoms with Crippen LogP contribution < -0.4 is 0 Å². The number of likely N-dealkylation sites (tertiary alicyclic amines) is 1. The molecule has 0 spiro atoms. The molecule has 124 valence electrons. The number of rotatable bonds is 6. The second kappa shape index (κ2) is 7.70. The Balaban J connectivity index is 1.47. The van der Waals surface area contributed by atoms with Crippen molar-refractivity contribution < 1.29 is 4.79 Å². The van der Waals surface area contributed by atoms with Gasteiger partial charge < -0.3 is 4.90 Å². The van der Waals surface area contributed by atoms with E-state index in [2.05, 4.69) is 21.0 Å². The van der Waals surface area contributed by atoms with Crippen LogP contribution in [0.5, 0.6) is 0 Å². The first-order valence-electron chi connectivity index (χ1n) is 8.02. The van der Waals surface area contributed by atoms with Gasteiger partial charge in [0.25, 0.3) is 0 Å². The van der Waals surface area contributed by atoms with Gasteiger partial charge in [0.1, 0.15) is 12.7 Å². The average molecular weight is 333 g/mol. The molecule has 0 aromatic carbocycles. The van der Waals surface area contributed by atoms with E-state index in [1.54, 1.807) is 24.0 Å². The van der Waals surface area contributed by atoms with Gasteiger partial charge >= 0.3 is 0 Å². The minimum atomic E-state index is 0.194. The summed E-state index contributed by atoms with van der Waals surface area (Å²) in [4.78, 5) is 21.7. The van der Waals surface area contributed by atoms with E-state index in [0.29, 0.717) is 19.0 Å². The molecular formula is C16H23N5OS. The van der Waals surface area contributed by atoms with Gasteiger partial charge in [0, 0.05) is 25.0 Å². The summed E-state index contributed by atoms with van der Waals surface area (Å²) in [5.74, 6) is 0.737. The molecule has 23 heavy (non-hydrogen) atoms. The van der Waals surface area contributed by atoms with Gasteiger partial charge in [0.2, 0.25) is 5.91 Å². The molecule has 7 heteroatoms. The van der Waals surface area contributed by atoms with Crippen molar-refractivity contribution in [2.75, 3.05) is 26.7 Å². The molecule has 1 fully saturated rings. The maximum absolute atomic E-state index is 12.4. The molecule has 1 amide bonds. The number of likely N-dealkylation sites (N-methyl/N-ethyl adjacent to an activating group) is 1. The summed E-state index contributed by atoms with van der Waals surface area (Å²) < 4.78 is 1.89. The van der Waals surface area contributed by atoms with Gasteiger partial charge in [-0.2, -0.15) is 5.10 Å². The average Bonchev–Trinajstić information content (AvgIpc) is 3.21. The van der Waals surface area contributed by atoms with E-state index < -0.39 is 0 Å². The molecule has 3 rings (SSSR count). The zero-order chi connectivity index (χ0) is 16.1. The van der Waals surface area contributed by atoms with Crippen LogP contribution in [0.3, 0.4) is 0 Å². The first kappa shape index (κ1) is 16.1. The van der Waals surface area contributed by atoms with Crippen LogP contribution in [0.2, 0.25) is 0 Å². The topological polar surface area (TPSA) is 54.3 Å². The smallest absolute Gasteiger partial charge is 0.236 e. The Morgan fingerprint density at radius 1 is 1.52 bits per heavy atom. The predicted molar refractivity (Wildman–Crippen MR) is 90.0 cm³/mol. The number of piperidine rings is 1. The highest BCUT2D eigenvalue weighted by Gasteiger charge is 2.23. The maximum atomic E-state index is 12.4. The van der Waals surface area contributed by atoms with E-state index in [1.807, 2.05) is 28.1 Å². The van der Waals surface area contributed by atoms with Gasteiger partial charge in [0.15, 0.2) is 0 Å². The SMILES string of the molecule is CN(Cc1cccs1)C(=O)CN1CCC[C@@H](Cn2cncn2)C1. The molecule has 6 nitrogen and oxygen atoms in total. The van der Waals surface area contributed by atoms with Crippen LogP contribution in [0.15, 0.2) is 30.2 Å². The number of thiophene rings is 1. The third-order valence-corrected chi connectivity index (χ3v) is 5.13. The van der Waals surface area contributed by atoms with Crippen LogP contribution in [0.25, 0.3) is 0 Å². The first-order valence-corrected chi connectivity index (χ1v) is 8.90. The third kappa shape index (κ3) is 4.62. The molecule has 2 aromatic heterocycles. The van der Waals surface area contributed by atoms with Crippen molar-refractivity contribution >= 4 is 17.2 Å². The molecule has 0 saturated carbocycles. The van der Waals surface area contributed by atoms with E-state index in [0.717, 1.165) is 26.1 Å². The van der Waals surface area contributed by atoms with E-state index in [4.69, 9.17) is 0 Å². The summed E-state index contributed by atoms with van der Waals surface area (Å²) in [5, 5.41) is 6.23. The minimum Gasteiger partial charge on any atom is -0.340 e. The van der Waals surface area contributed by atoms with E-state index >= 15 is 0 Å². The molecule has 1 aliphatic heterocycles. The molecule has 0 N–H and O–H groups in total. The van der Waals surface area contributed by atoms with Crippen molar-refractivity contribution in [2.24, 2.45) is 5.92 Å². The lowest BCUT2D eigenvalue weighted by molar-refractivity contribution is -0.132. The Labute approximate surface area is 140 Å². The van der Waals surface area contributed by atoms with Crippen molar-refractivity contribution in [3.8, 4) is 0 Å². The fourth-order valence-corrected chi connectivity index (χ4v) is 3.83.